The molecule has 0 aromatic rings. The predicted molar refractivity (Wildman–Crippen MR) is 170 cm³/mol. The average molecular weight is 627 g/mol. The third-order valence-corrected chi connectivity index (χ3v) is 6.39. The number of aliphatic hydroxyl groups excluding tert-OH is 1. The summed E-state index contributed by atoms with van der Waals surface area (Å²) in [5.74, 6) is -1.12. The third-order valence-electron chi connectivity index (χ3n) is 5.40. The van der Waals surface area contributed by atoms with E-state index < -0.39 is 38.6 Å². The molecule has 0 saturated carbocycles. The lowest BCUT2D eigenvalue weighted by atomic mass is 10.2. The topological polar surface area (TPSA) is 129 Å². The molecule has 3 atom stereocenters. The van der Waals surface area contributed by atoms with E-state index in [1.165, 1.54) is 6.92 Å². The number of allylic oxidation sites excluding steroid dienone is 10. The lowest BCUT2D eigenvalue weighted by Crippen LogP contribution is -2.37. The van der Waals surface area contributed by atoms with Crippen LogP contribution in [-0.4, -0.2) is 86.1 Å². The second-order valence-corrected chi connectivity index (χ2v) is 12.1. The normalized spacial score (nSPS) is 15.8. The molecule has 0 aromatic carbocycles. The largest absolute Gasteiger partial charge is 0.472 e. The number of quaternary nitrogens is 1. The van der Waals surface area contributed by atoms with Crippen molar-refractivity contribution in [3.63, 3.8) is 0 Å². The number of hydrogen-bond donors (Lipinski definition) is 2. The molecule has 0 heterocycles. The number of carbonyl (C=O) groups excluding carboxylic acids is 2. The molecule has 0 radical (unpaired) electrons. The van der Waals surface area contributed by atoms with Crippen LogP contribution in [0.15, 0.2) is 72.9 Å². The highest BCUT2D eigenvalue weighted by Crippen LogP contribution is 2.43. The van der Waals surface area contributed by atoms with Crippen LogP contribution >= 0.6 is 7.82 Å². The van der Waals surface area contributed by atoms with Crippen LogP contribution < -0.4 is 0 Å². The molecule has 2 unspecified atom stereocenters. The van der Waals surface area contributed by atoms with E-state index in [1.54, 1.807) is 6.08 Å². The van der Waals surface area contributed by atoms with E-state index in [1.807, 2.05) is 69.8 Å². The van der Waals surface area contributed by atoms with Crippen molar-refractivity contribution in [3.8, 4) is 0 Å². The molecule has 0 rings (SSSR count). The molecule has 0 aliphatic rings. The molecule has 0 aliphatic carbocycles. The first-order valence-electron chi connectivity index (χ1n) is 14.7. The Morgan fingerprint density at radius 1 is 0.860 bits per heavy atom. The standard InChI is InChI=1S/C32H52NO9P/c1-6-7-19-22-30(35)23-20-17-15-13-11-9-8-10-12-14-16-18-21-24-32(36)42-31(27-39-29(2)34)28-41-43(37,38)40-26-25-33(3,4)5/h7,9-12,15-20,23,30-31,35H,6,8,13-14,21-22,24-28H2,1-5H3/p+1/b11-9-,12-10-,17-15+,18-16-,19-7-,23-20+/t30?,31-/m1/s1. The molecule has 0 aromatic heterocycles. The Morgan fingerprint density at radius 2 is 1.49 bits per heavy atom. The second-order valence-electron chi connectivity index (χ2n) is 10.7. The van der Waals surface area contributed by atoms with Crippen LogP contribution in [0.5, 0.6) is 0 Å². The van der Waals surface area contributed by atoms with Crippen LogP contribution in [0.2, 0.25) is 0 Å². The summed E-state index contributed by atoms with van der Waals surface area (Å²) in [7, 11) is 1.38. The fourth-order valence-electron chi connectivity index (χ4n) is 3.08. The van der Waals surface area contributed by atoms with Crippen LogP contribution in [-0.2, 0) is 32.7 Å². The lowest BCUT2D eigenvalue weighted by molar-refractivity contribution is -0.870. The number of carbonyl (C=O) groups is 2. The lowest BCUT2D eigenvalue weighted by Gasteiger charge is -2.24. The highest BCUT2D eigenvalue weighted by Gasteiger charge is 2.26. The number of nitrogens with zero attached hydrogens (tertiary/aromatic N) is 1. The third kappa shape index (κ3) is 29.3. The number of hydrogen-bond acceptors (Lipinski definition) is 8. The molecular weight excluding hydrogens is 573 g/mol. The van der Waals surface area contributed by atoms with Gasteiger partial charge in [0.1, 0.15) is 19.8 Å². The number of esters is 2. The van der Waals surface area contributed by atoms with Gasteiger partial charge in [0.15, 0.2) is 6.10 Å². The van der Waals surface area contributed by atoms with Crippen molar-refractivity contribution in [2.45, 2.75) is 71.0 Å². The summed E-state index contributed by atoms with van der Waals surface area (Å²) < 4.78 is 32.8. The van der Waals surface area contributed by atoms with Gasteiger partial charge in [-0.1, -0.05) is 79.8 Å². The van der Waals surface area contributed by atoms with Gasteiger partial charge in [-0.15, -0.1) is 0 Å². The predicted octanol–water partition coefficient (Wildman–Crippen LogP) is 5.75. The SMILES string of the molecule is CC/C=C\CC(O)/C=C/C=C/C/C=C\C/C=C\C/C=C\CCC(=O)O[C@H](COC(C)=O)COP(=O)(O)OCC[N+](C)(C)C. The molecule has 244 valence electrons. The van der Waals surface area contributed by atoms with Gasteiger partial charge in [-0.2, -0.15) is 0 Å². The second kappa shape index (κ2) is 24.8. The number of phosphoric ester groups is 1. The zero-order chi connectivity index (χ0) is 32.4. The Kier molecular flexibility index (Phi) is 23.3. The van der Waals surface area contributed by atoms with Crippen molar-refractivity contribution in [3.05, 3.63) is 72.9 Å². The highest BCUT2D eigenvalue weighted by atomic mass is 31.2. The molecular formula is C32H53NO9P+. The van der Waals surface area contributed by atoms with Gasteiger partial charge in [0, 0.05) is 13.3 Å². The van der Waals surface area contributed by atoms with E-state index in [2.05, 4.69) is 25.2 Å². The summed E-state index contributed by atoms with van der Waals surface area (Å²) in [4.78, 5) is 33.3. The zero-order valence-corrected chi connectivity index (χ0v) is 27.4. The van der Waals surface area contributed by atoms with E-state index in [4.69, 9.17) is 18.5 Å². The number of phosphoric acid groups is 1. The molecule has 0 aliphatic heterocycles. The van der Waals surface area contributed by atoms with Crippen molar-refractivity contribution in [2.75, 3.05) is 47.5 Å². The van der Waals surface area contributed by atoms with Crippen LogP contribution in [0.25, 0.3) is 0 Å². The Hall–Kier alpha value is -2.59. The maximum absolute atomic E-state index is 12.2. The summed E-state index contributed by atoms with van der Waals surface area (Å²) in [5, 5.41) is 9.78. The molecule has 10 nitrogen and oxygen atoms in total. The summed E-state index contributed by atoms with van der Waals surface area (Å²) in [6.45, 7) is 3.00. The molecule has 2 N–H and O–H groups in total. The molecule has 0 spiro atoms. The van der Waals surface area contributed by atoms with Gasteiger partial charge in [-0.05, 0) is 38.5 Å². The maximum Gasteiger partial charge on any atom is 0.472 e. The Labute approximate surface area is 258 Å². The van der Waals surface area contributed by atoms with Crippen LogP contribution in [0.4, 0.5) is 0 Å². The highest BCUT2D eigenvalue weighted by molar-refractivity contribution is 7.47. The van der Waals surface area contributed by atoms with E-state index in [-0.39, 0.29) is 19.6 Å². The molecule has 0 saturated heterocycles. The summed E-state index contributed by atoms with van der Waals surface area (Å²) in [6, 6.07) is 0. The quantitative estimate of drug-likeness (QED) is 0.0452. The number of ether oxygens (including phenoxy) is 2. The van der Waals surface area contributed by atoms with E-state index >= 15 is 0 Å². The van der Waals surface area contributed by atoms with Gasteiger partial charge in [0.05, 0.1) is 33.9 Å². The number of rotatable bonds is 24. The van der Waals surface area contributed by atoms with Crippen LogP contribution in [0.3, 0.4) is 0 Å². The minimum atomic E-state index is -4.36. The molecule has 0 fully saturated rings. The Balaban J connectivity index is 4.28. The van der Waals surface area contributed by atoms with E-state index in [0.29, 0.717) is 23.9 Å². The van der Waals surface area contributed by atoms with Gasteiger partial charge in [-0.25, -0.2) is 4.57 Å². The van der Waals surface area contributed by atoms with Crippen molar-refractivity contribution in [2.24, 2.45) is 0 Å². The Bertz CT molecular complexity index is 993. The molecule has 43 heavy (non-hydrogen) atoms. The molecule has 0 amide bonds. The minimum Gasteiger partial charge on any atom is -0.462 e. The van der Waals surface area contributed by atoms with Crippen molar-refractivity contribution >= 4 is 19.8 Å². The monoisotopic (exact) mass is 626 g/mol. The number of likely N-dealkylation sites (N-methyl/N-ethyl adjacent to an activating group) is 1. The summed E-state index contributed by atoms with van der Waals surface area (Å²) in [6.07, 6.45) is 26.7. The maximum atomic E-state index is 12.2. The molecule has 0 bridgehead atoms. The van der Waals surface area contributed by atoms with E-state index in [0.717, 1.165) is 25.7 Å². The first-order valence-corrected chi connectivity index (χ1v) is 16.2. The summed E-state index contributed by atoms with van der Waals surface area (Å²) in [5.41, 5.74) is 0. The van der Waals surface area contributed by atoms with Crippen LogP contribution in [0, 0.1) is 0 Å². The number of aliphatic hydroxyl groups is 1. The van der Waals surface area contributed by atoms with Gasteiger partial charge in [0.25, 0.3) is 0 Å². The van der Waals surface area contributed by atoms with Crippen molar-refractivity contribution in [1.29, 1.82) is 0 Å². The van der Waals surface area contributed by atoms with Gasteiger partial charge < -0.3 is 24.0 Å². The van der Waals surface area contributed by atoms with Gasteiger partial charge >= 0.3 is 19.8 Å². The molecule has 11 heteroatoms. The smallest absolute Gasteiger partial charge is 0.462 e. The van der Waals surface area contributed by atoms with Crippen molar-refractivity contribution in [1.82, 2.24) is 0 Å². The first-order chi connectivity index (χ1) is 20.3. The fourth-order valence-corrected chi connectivity index (χ4v) is 3.82. The van der Waals surface area contributed by atoms with Gasteiger partial charge in [0.2, 0.25) is 0 Å². The fraction of sp³-hybridized carbons (Fsp3) is 0.562. The minimum absolute atomic E-state index is 0.00447. The van der Waals surface area contributed by atoms with Crippen LogP contribution in [0.1, 0.15) is 58.8 Å². The zero-order valence-electron chi connectivity index (χ0n) is 26.5. The van der Waals surface area contributed by atoms with Gasteiger partial charge in [-0.3, -0.25) is 18.6 Å². The van der Waals surface area contributed by atoms with E-state index in [9.17, 15) is 24.2 Å². The average Bonchev–Trinajstić information content (AvgIpc) is 2.91. The van der Waals surface area contributed by atoms with Crippen molar-refractivity contribution < 1.29 is 47.2 Å². The Morgan fingerprint density at radius 3 is 2.09 bits per heavy atom. The summed E-state index contributed by atoms with van der Waals surface area (Å²) >= 11 is 0. The first kappa shape index (κ1) is 40.4.